The first-order valence-electron chi connectivity index (χ1n) is 9.91. The fourth-order valence-electron chi connectivity index (χ4n) is 3.89. The minimum Gasteiger partial charge on any atom is -0.354 e. The number of hydrogen-bond acceptors (Lipinski definition) is 7. The predicted octanol–water partition coefficient (Wildman–Crippen LogP) is -0.561. The maximum absolute atomic E-state index is 13.0. The minimum absolute atomic E-state index is 0.274. The molecule has 1 aliphatic rings. The number of rotatable bonds is 3. The van der Waals surface area contributed by atoms with Crippen molar-refractivity contribution in [1.82, 2.24) is 28.6 Å². The molecule has 0 radical (unpaired) electrons. The Morgan fingerprint density at radius 3 is 2.74 bits per heavy atom. The zero-order valence-electron chi connectivity index (χ0n) is 17.4. The molecule has 160 valence electrons. The van der Waals surface area contributed by atoms with Gasteiger partial charge in [-0.25, -0.2) is 19.3 Å². The van der Waals surface area contributed by atoms with E-state index in [1.54, 1.807) is 34.8 Å². The highest BCUT2D eigenvalue weighted by atomic mass is 16.2. The molecule has 0 aromatic carbocycles. The van der Waals surface area contributed by atoms with Gasteiger partial charge in [0.1, 0.15) is 18.4 Å². The number of fused-ring (bicyclic) bond motifs is 1. The summed E-state index contributed by atoms with van der Waals surface area (Å²) >= 11 is 0. The molecule has 4 rings (SSSR count). The Morgan fingerprint density at radius 2 is 1.97 bits per heavy atom. The van der Waals surface area contributed by atoms with Crippen LogP contribution in [0.5, 0.6) is 0 Å². The number of pyridine rings is 1. The second kappa shape index (κ2) is 8.06. The molecule has 1 fully saturated rings. The molecule has 4 heterocycles. The molecule has 0 spiro atoms. The third-order valence-corrected chi connectivity index (χ3v) is 5.55. The maximum atomic E-state index is 13.0. The van der Waals surface area contributed by atoms with Gasteiger partial charge in [0.25, 0.3) is 5.56 Å². The molecule has 3 aromatic heterocycles. The molecule has 0 N–H and O–H groups in total. The van der Waals surface area contributed by atoms with Crippen molar-refractivity contribution in [2.24, 2.45) is 14.1 Å². The van der Waals surface area contributed by atoms with Crippen LogP contribution in [0.4, 0.5) is 5.82 Å². The van der Waals surface area contributed by atoms with Crippen molar-refractivity contribution < 1.29 is 4.79 Å². The lowest BCUT2D eigenvalue weighted by Crippen LogP contribution is -2.45. The van der Waals surface area contributed by atoms with E-state index in [0.29, 0.717) is 44.0 Å². The first-order chi connectivity index (χ1) is 14.9. The second-order valence-corrected chi connectivity index (χ2v) is 7.47. The summed E-state index contributed by atoms with van der Waals surface area (Å²) < 4.78 is 3.78. The predicted molar refractivity (Wildman–Crippen MR) is 113 cm³/mol. The van der Waals surface area contributed by atoms with Crippen molar-refractivity contribution in [3.63, 3.8) is 0 Å². The zero-order chi connectivity index (χ0) is 22.1. The van der Waals surface area contributed by atoms with Crippen LogP contribution in [0.25, 0.3) is 11.2 Å². The zero-order valence-corrected chi connectivity index (χ0v) is 17.4. The highest BCUT2D eigenvalue weighted by Crippen LogP contribution is 2.18. The molecule has 0 saturated carbocycles. The molecular formula is C20H22N8O3. The van der Waals surface area contributed by atoms with Gasteiger partial charge >= 0.3 is 5.69 Å². The maximum Gasteiger partial charge on any atom is 0.332 e. The molecule has 1 amide bonds. The van der Waals surface area contributed by atoms with Gasteiger partial charge < -0.3 is 14.4 Å². The number of imidazole rings is 1. The molecule has 0 atom stereocenters. The largest absolute Gasteiger partial charge is 0.354 e. The molecule has 0 aliphatic carbocycles. The molecule has 1 aliphatic heterocycles. The third-order valence-electron chi connectivity index (χ3n) is 5.55. The summed E-state index contributed by atoms with van der Waals surface area (Å²) in [5.41, 5.74) is -0.0589. The molecular weight excluding hydrogens is 400 g/mol. The van der Waals surface area contributed by atoms with Gasteiger partial charge in [0.2, 0.25) is 5.91 Å². The van der Waals surface area contributed by atoms with Crippen molar-refractivity contribution >= 4 is 22.9 Å². The Bertz CT molecular complexity index is 1310. The van der Waals surface area contributed by atoms with Crippen LogP contribution in [0.2, 0.25) is 0 Å². The number of carbonyl (C=O) groups excluding carboxylic acids is 1. The molecule has 0 bridgehead atoms. The monoisotopic (exact) mass is 422 g/mol. The summed E-state index contributed by atoms with van der Waals surface area (Å²) in [6.07, 6.45) is 3.79. The van der Waals surface area contributed by atoms with Gasteiger partial charge in [0.05, 0.1) is 11.9 Å². The number of carbonyl (C=O) groups is 1. The number of anilines is 1. The van der Waals surface area contributed by atoms with E-state index < -0.39 is 11.2 Å². The van der Waals surface area contributed by atoms with E-state index >= 15 is 0 Å². The summed E-state index contributed by atoms with van der Waals surface area (Å²) in [5.74, 6) is 0.301. The quantitative estimate of drug-likeness (QED) is 0.554. The number of aryl methyl sites for hydroxylation is 2. The van der Waals surface area contributed by atoms with Crippen LogP contribution in [0.1, 0.15) is 12.0 Å². The average molecular weight is 422 g/mol. The smallest absolute Gasteiger partial charge is 0.332 e. The Labute approximate surface area is 177 Å². The number of amides is 1. The Balaban J connectivity index is 1.55. The number of aromatic nitrogens is 5. The van der Waals surface area contributed by atoms with Crippen LogP contribution < -0.4 is 16.1 Å². The molecule has 11 heteroatoms. The first kappa shape index (κ1) is 20.3. The van der Waals surface area contributed by atoms with Crippen molar-refractivity contribution in [1.29, 1.82) is 5.26 Å². The van der Waals surface area contributed by atoms with Gasteiger partial charge in [-0.05, 0) is 18.6 Å². The van der Waals surface area contributed by atoms with Gasteiger partial charge in [-0.1, -0.05) is 0 Å². The van der Waals surface area contributed by atoms with Crippen molar-refractivity contribution in [2.45, 2.75) is 13.0 Å². The van der Waals surface area contributed by atoms with Gasteiger partial charge in [-0.15, -0.1) is 0 Å². The summed E-state index contributed by atoms with van der Waals surface area (Å²) in [7, 11) is 3.20. The van der Waals surface area contributed by atoms with Gasteiger partial charge in [0.15, 0.2) is 11.2 Å². The lowest BCUT2D eigenvalue weighted by Gasteiger charge is -2.23. The topological polar surface area (TPSA) is 122 Å². The van der Waals surface area contributed by atoms with Crippen molar-refractivity contribution in [2.75, 3.05) is 31.1 Å². The molecule has 31 heavy (non-hydrogen) atoms. The Hall–Kier alpha value is -3.94. The fourth-order valence-corrected chi connectivity index (χ4v) is 3.89. The van der Waals surface area contributed by atoms with E-state index in [0.717, 1.165) is 4.57 Å². The van der Waals surface area contributed by atoms with E-state index in [-0.39, 0.29) is 23.6 Å². The number of nitriles is 1. The van der Waals surface area contributed by atoms with Gasteiger partial charge in [-0.3, -0.25) is 14.2 Å². The van der Waals surface area contributed by atoms with E-state index in [1.165, 1.54) is 17.9 Å². The Kier molecular flexibility index (Phi) is 5.29. The van der Waals surface area contributed by atoms with Crippen molar-refractivity contribution in [3.05, 3.63) is 51.1 Å². The standard InChI is InChI=1S/C20H22N8O3/c1-24-13-23-18-16(24)19(30)28(20(31)25(18)2)12-15(29)26-7-4-8-27(10-9-26)17-14(11-21)5-3-6-22-17/h3,5-6,13H,4,7-10,12H2,1-2H3. The van der Waals surface area contributed by atoms with Crippen molar-refractivity contribution in [3.8, 4) is 6.07 Å². The van der Waals surface area contributed by atoms with E-state index in [1.807, 2.05) is 4.90 Å². The molecule has 3 aromatic rings. The van der Waals surface area contributed by atoms with Crippen LogP contribution >= 0.6 is 0 Å². The molecule has 1 saturated heterocycles. The summed E-state index contributed by atoms with van der Waals surface area (Å²) in [4.78, 5) is 50.5. The summed E-state index contributed by atoms with van der Waals surface area (Å²) in [5, 5.41) is 9.33. The third kappa shape index (κ3) is 3.56. The lowest BCUT2D eigenvalue weighted by molar-refractivity contribution is -0.131. The van der Waals surface area contributed by atoms with Gasteiger partial charge in [0, 0.05) is 46.5 Å². The second-order valence-electron chi connectivity index (χ2n) is 7.47. The van der Waals surface area contributed by atoms with Crippen LogP contribution in [-0.4, -0.2) is 60.7 Å². The molecule has 0 unspecified atom stereocenters. The minimum atomic E-state index is -0.576. The van der Waals surface area contributed by atoms with E-state index in [9.17, 15) is 19.6 Å². The van der Waals surface area contributed by atoms with Crippen LogP contribution in [-0.2, 0) is 25.4 Å². The first-order valence-corrected chi connectivity index (χ1v) is 9.91. The van der Waals surface area contributed by atoms with Crippen LogP contribution in [0.15, 0.2) is 34.2 Å². The summed E-state index contributed by atoms with van der Waals surface area (Å²) in [6, 6.07) is 5.58. The Morgan fingerprint density at radius 1 is 1.16 bits per heavy atom. The van der Waals surface area contributed by atoms with E-state index in [2.05, 4.69) is 16.0 Å². The highest BCUT2D eigenvalue weighted by Gasteiger charge is 2.23. The van der Waals surface area contributed by atoms with Crippen LogP contribution in [0.3, 0.4) is 0 Å². The highest BCUT2D eigenvalue weighted by molar-refractivity contribution is 5.77. The summed E-state index contributed by atoms with van der Waals surface area (Å²) in [6.45, 7) is 1.72. The average Bonchev–Trinajstić information content (AvgIpc) is 3.00. The lowest BCUT2D eigenvalue weighted by atomic mass is 10.2. The molecule has 11 nitrogen and oxygen atoms in total. The van der Waals surface area contributed by atoms with Crippen LogP contribution in [0, 0.1) is 11.3 Å². The fraction of sp³-hybridized carbons (Fsp3) is 0.400. The SMILES string of the molecule is Cn1cnc2c1c(=O)n(CC(=O)N1CCCN(c3ncccc3C#N)CC1)c(=O)n2C. The normalized spacial score (nSPS) is 14.5. The van der Waals surface area contributed by atoms with E-state index in [4.69, 9.17) is 0 Å². The van der Waals surface area contributed by atoms with Gasteiger partial charge in [-0.2, -0.15) is 5.26 Å². The number of hydrogen-bond donors (Lipinski definition) is 0. The number of nitrogens with zero attached hydrogens (tertiary/aromatic N) is 8.